The predicted molar refractivity (Wildman–Crippen MR) is 50.9 cm³/mol. The van der Waals surface area contributed by atoms with E-state index < -0.39 is 0 Å². The molecule has 0 spiro atoms. The van der Waals surface area contributed by atoms with Crippen molar-refractivity contribution in [2.75, 3.05) is 0 Å². The third kappa shape index (κ3) is 1.06. The Morgan fingerprint density at radius 2 is 1.92 bits per heavy atom. The van der Waals surface area contributed by atoms with Crippen LogP contribution in [0.25, 0.3) is 11.1 Å². The van der Waals surface area contributed by atoms with Gasteiger partial charge in [0, 0.05) is 6.20 Å². The Morgan fingerprint density at radius 1 is 1.17 bits per heavy atom. The number of aromatic nitrogens is 1. The molecule has 1 aromatic heterocycles. The molecule has 0 aliphatic heterocycles. The van der Waals surface area contributed by atoms with Crippen LogP contribution >= 0.6 is 0 Å². The zero-order valence-corrected chi connectivity index (χ0v) is 7.59. The molecule has 1 aliphatic carbocycles. The zero-order chi connectivity index (χ0) is 8.55. The van der Waals surface area contributed by atoms with Gasteiger partial charge in [0.15, 0.2) is 0 Å². The third-order valence-electron chi connectivity index (χ3n) is 2.55. The Hall–Kier alpha value is -1.11. The van der Waals surface area contributed by atoms with E-state index in [-0.39, 0.29) is 0 Å². The number of pyridine rings is 1. The molecule has 0 saturated heterocycles. The number of rotatable bonds is 0. The standard InChI is InChI=1S/C11H13N/c1-8-5-6-9(2)11-10(8)4-3-7-12-11/h3-4,7H,5-6H2,1-2H3. The first-order chi connectivity index (χ1) is 5.79. The summed E-state index contributed by atoms with van der Waals surface area (Å²) in [6.07, 6.45) is 4.25. The summed E-state index contributed by atoms with van der Waals surface area (Å²) in [7, 11) is 0. The van der Waals surface area contributed by atoms with Gasteiger partial charge in [-0.05, 0) is 43.5 Å². The van der Waals surface area contributed by atoms with Gasteiger partial charge in [0.2, 0.25) is 0 Å². The summed E-state index contributed by atoms with van der Waals surface area (Å²) < 4.78 is 0. The van der Waals surface area contributed by atoms with Gasteiger partial charge < -0.3 is 0 Å². The molecule has 62 valence electrons. The quantitative estimate of drug-likeness (QED) is 0.554. The molecule has 0 aromatic carbocycles. The first-order valence-electron chi connectivity index (χ1n) is 4.39. The lowest BCUT2D eigenvalue weighted by Gasteiger charge is -2.09. The normalized spacial score (nSPS) is 16.2. The van der Waals surface area contributed by atoms with Gasteiger partial charge in [0.1, 0.15) is 0 Å². The number of nitrogens with zero attached hydrogens (tertiary/aromatic N) is 1. The maximum atomic E-state index is 4.39. The van der Waals surface area contributed by atoms with Crippen molar-refractivity contribution in [2.24, 2.45) is 0 Å². The van der Waals surface area contributed by atoms with Crippen molar-refractivity contribution in [3.8, 4) is 0 Å². The molecule has 0 amide bonds. The van der Waals surface area contributed by atoms with Gasteiger partial charge in [-0.1, -0.05) is 11.6 Å². The summed E-state index contributed by atoms with van der Waals surface area (Å²) in [4.78, 5) is 4.39. The lowest BCUT2D eigenvalue weighted by atomic mass is 9.98. The molecule has 1 aromatic rings. The zero-order valence-electron chi connectivity index (χ0n) is 7.59. The molecule has 1 nitrogen and oxygen atoms in total. The first kappa shape index (κ1) is 7.53. The van der Waals surface area contributed by atoms with E-state index in [4.69, 9.17) is 0 Å². The second-order valence-electron chi connectivity index (χ2n) is 3.46. The second kappa shape index (κ2) is 2.74. The minimum absolute atomic E-state index is 1.18. The summed E-state index contributed by atoms with van der Waals surface area (Å²) in [5.74, 6) is 0. The predicted octanol–water partition coefficient (Wildman–Crippen LogP) is 1.22. The van der Waals surface area contributed by atoms with E-state index in [1.807, 2.05) is 12.3 Å². The Morgan fingerprint density at radius 3 is 2.67 bits per heavy atom. The molecule has 12 heavy (non-hydrogen) atoms. The van der Waals surface area contributed by atoms with E-state index in [0.717, 1.165) is 0 Å². The van der Waals surface area contributed by atoms with E-state index in [9.17, 15) is 0 Å². The SMILES string of the molecule is CC1=c2cccnc2=C(C)CC1. The molecule has 0 atom stereocenters. The highest BCUT2D eigenvalue weighted by Gasteiger charge is 2.03. The smallest absolute Gasteiger partial charge is 0.0690 e. The fraction of sp³-hybridized carbons (Fsp3) is 0.364. The van der Waals surface area contributed by atoms with Crippen molar-refractivity contribution >= 4 is 11.1 Å². The van der Waals surface area contributed by atoms with Gasteiger partial charge in [-0.2, -0.15) is 0 Å². The molecule has 0 fully saturated rings. The van der Waals surface area contributed by atoms with Gasteiger partial charge >= 0.3 is 0 Å². The van der Waals surface area contributed by atoms with Gasteiger partial charge in [0.05, 0.1) is 5.35 Å². The summed E-state index contributed by atoms with van der Waals surface area (Å²) in [5, 5.41) is 2.56. The molecule has 0 bridgehead atoms. The maximum Gasteiger partial charge on any atom is 0.0690 e. The largest absolute Gasteiger partial charge is 0.256 e. The average Bonchev–Trinajstić information content (AvgIpc) is 2.12. The van der Waals surface area contributed by atoms with Gasteiger partial charge in [-0.15, -0.1) is 0 Å². The lowest BCUT2D eigenvalue weighted by Crippen LogP contribution is -2.33. The van der Waals surface area contributed by atoms with Crippen LogP contribution in [0.4, 0.5) is 0 Å². The molecule has 1 heteroatoms. The maximum absolute atomic E-state index is 4.39. The molecular weight excluding hydrogens is 146 g/mol. The third-order valence-corrected chi connectivity index (χ3v) is 2.55. The van der Waals surface area contributed by atoms with Crippen molar-refractivity contribution in [1.29, 1.82) is 0 Å². The molecule has 0 saturated carbocycles. The number of hydrogen-bond donors (Lipinski definition) is 0. The fourth-order valence-electron chi connectivity index (χ4n) is 1.72. The highest BCUT2D eigenvalue weighted by Crippen LogP contribution is 2.11. The number of hydrogen-bond acceptors (Lipinski definition) is 1. The van der Waals surface area contributed by atoms with Crippen molar-refractivity contribution < 1.29 is 0 Å². The van der Waals surface area contributed by atoms with Crippen molar-refractivity contribution in [1.82, 2.24) is 4.98 Å². The summed E-state index contributed by atoms with van der Waals surface area (Å²) in [6.45, 7) is 4.38. The van der Waals surface area contributed by atoms with Crippen LogP contribution in [-0.2, 0) is 0 Å². The molecule has 1 aliphatic rings. The van der Waals surface area contributed by atoms with Gasteiger partial charge in [-0.3, -0.25) is 4.98 Å². The van der Waals surface area contributed by atoms with Crippen LogP contribution in [0.15, 0.2) is 18.3 Å². The van der Waals surface area contributed by atoms with E-state index in [2.05, 4.69) is 24.9 Å². The second-order valence-corrected chi connectivity index (χ2v) is 3.46. The lowest BCUT2D eigenvalue weighted by molar-refractivity contribution is 0.993. The van der Waals surface area contributed by atoms with Crippen LogP contribution in [0.2, 0.25) is 0 Å². The Kier molecular flexibility index (Phi) is 1.72. The van der Waals surface area contributed by atoms with Crippen molar-refractivity contribution in [3.63, 3.8) is 0 Å². The molecular formula is C11H13N. The highest BCUT2D eigenvalue weighted by atomic mass is 14.6. The first-order valence-corrected chi connectivity index (χ1v) is 4.39. The van der Waals surface area contributed by atoms with Crippen LogP contribution in [0.5, 0.6) is 0 Å². The Balaban J connectivity index is 2.95. The minimum Gasteiger partial charge on any atom is -0.256 e. The van der Waals surface area contributed by atoms with E-state index in [1.54, 1.807) is 0 Å². The van der Waals surface area contributed by atoms with E-state index >= 15 is 0 Å². The summed E-state index contributed by atoms with van der Waals surface area (Å²) >= 11 is 0. The van der Waals surface area contributed by atoms with Crippen LogP contribution in [-0.4, -0.2) is 4.98 Å². The van der Waals surface area contributed by atoms with Crippen LogP contribution < -0.4 is 10.6 Å². The molecule has 2 rings (SSSR count). The van der Waals surface area contributed by atoms with Crippen molar-refractivity contribution in [2.45, 2.75) is 26.7 Å². The van der Waals surface area contributed by atoms with Crippen LogP contribution in [0.3, 0.4) is 0 Å². The van der Waals surface area contributed by atoms with Crippen LogP contribution in [0, 0.1) is 0 Å². The van der Waals surface area contributed by atoms with Gasteiger partial charge in [-0.25, -0.2) is 0 Å². The van der Waals surface area contributed by atoms with Crippen LogP contribution in [0.1, 0.15) is 26.7 Å². The Bertz CT molecular complexity index is 374. The fourth-order valence-corrected chi connectivity index (χ4v) is 1.72. The topological polar surface area (TPSA) is 12.9 Å². The average molecular weight is 159 g/mol. The monoisotopic (exact) mass is 159 g/mol. The Labute approximate surface area is 72.5 Å². The minimum atomic E-state index is 1.18. The summed E-state index contributed by atoms with van der Waals surface area (Å²) in [5.41, 5.74) is 2.90. The van der Waals surface area contributed by atoms with Gasteiger partial charge in [0.25, 0.3) is 0 Å². The molecule has 0 unspecified atom stereocenters. The molecule has 0 N–H and O–H groups in total. The molecule has 1 heterocycles. The molecule has 0 radical (unpaired) electrons. The van der Waals surface area contributed by atoms with Crippen molar-refractivity contribution in [3.05, 3.63) is 28.9 Å². The highest BCUT2D eigenvalue weighted by molar-refractivity contribution is 5.53. The summed E-state index contributed by atoms with van der Waals surface area (Å²) in [6, 6.07) is 4.18. The van der Waals surface area contributed by atoms with E-state index in [1.165, 1.54) is 34.6 Å². The van der Waals surface area contributed by atoms with E-state index in [0.29, 0.717) is 0 Å². The number of fused-ring (bicyclic) bond motifs is 1.